The normalized spacial score (nSPS) is 15.2. The summed E-state index contributed by atoms with van der Waals surface area (Å²) in [5.74, 6) is -0.673. The molecule has 4 rings (SSSR count). The van der Waals surface area contributed by atoms with Crippen LogP contribution in [0.3, 0.4) is 0 Å². The highest BCUT2D eigenvalue weighted by Crippen LogP contribution is 2.38. The number of hydrogen-bond donors (Lipinski definition) is 0. The average molecular weight is 479 g/mol. The van der Waals surface area contributed by atoms with Gasteiger partial charge in [-0.3, -0.25) is 19.7 Å². The molecular formula is C20H9Cl2FN2O5S. The van der Waals surface area contributed by atoms with Crippen molar-refractivity contribution in [3.63, 3.8) is 0 Å². The van der Waals surface area contributed by atoms with Gasteiger partial charge in [-0.25, -0.2) is 9.29 Å². The first kappa shape index (κ1) is 21.1. The maximum Gasteiger partial charge on any atom is 0.298 e. The summed E-state index contributed by atoms with van der Waals surface area (Å²) in [4.78, 5) is 36.3. The van der Waals surface area contributed by atoms with Crippen LogP contribution in [-0.4, -0.2) is 16.1 Å². The summed E-state index contributed by atoms with van der Waals surface area (Å²) in [6.45, 7) is 0. The predicted molar refractivity (Wildman–Crippen MR) is 116 cm³/mol. The molecule has 0 atom stereocenters. The minimum absolute atomic E-state index is 0.0983. The molecule has 3 aromatic rings. The smallest absolute Gasteiger partial charge is 0.298 e. The molecule has 2 amide bonds. The minimum Gasteiger partial charge on any atom is -0.457 e. The SMILES string of the molecule is O=C1S/C(=C/c2ccc(-c3ccc([N+](=O)[O-])cc3Cl)o2)C(=O)N1c1ccc(F)c(Cl)c1. The van der Waals surface area contributed by atoms with Gasteiger partial charge in [0.25, 0.3) is 16.8 Å². The number of benzene rings is 2. The monoisotopic (exact) mass is 478 g/mol. The molecule has 11 heteroatoms. The lowest BCUT2D eigenvalue weighted by Crippen LogP contribution is -2.27. The standard InChI is InChI=1S/C20H9Cl2FN2O5S/c21-14-8-11(25(28)29)1-4-13(14)17-6-3-12(30-17)9-18-19(26)24(20(27)31-18)10-2-5-16(23)15(22)7-10/h1-9H/b18-9+. The van der Waals surface area contributed by atoms with Crippen molar-refractivity contribution in [1.82, 2.24) is 0 Å². The van der Waals surface area contributed by atoms with Gasteiger partial charge in [-0.1, -0.05) is 23.2 Å². The van der Waals surface area contributed by atoms with E-state index in [-0.39, 0.29) is 32.1 Å². The highest BCUT2D eigenvalue weighted by Gasteiger charge is 2.36. The molecule has 1 aromatic heterocycles. The third kappa shape index (κ3) is 4.07. The molecule has 1 aliphatic rings. The van der Waals surface area contributed by atoms with E-state index in [4.69, 9.17) is 27.6 Å². The molecule has 156 valence electrons. The Morgan fingerprint density at radius 2 is 1.84 bits per heavy atom. The van der Waals surface area contributed by atoms with E-state index >= 15 is 0 Å². The van der Waals surface area contributed by atoms with Gasteiger partial charge in [-0.05, 0) is 48.2 Å². The largest absolute Gasteiger partial charge is 0.457 e. The number of nitrogens with zero attached hydrogens (tertiary/aromatic N) is 2. The Morgan fingerprint density at radius 1 is 1.06 bits per heavy atom. The van der Waals surface area contributed by atoms with E-state index in [1.165, 1.54) is 36.4 Å². The van der Waals surface area contributed by atoms with Gasteiger partial charge in [-0.15, -0.1) is 0 Å². The van der Waals surface area contributed by atoms with Gasteiger partial charge in [0.15, 0.2) is 0 Å². The van der Waals surface area contributed by atoms with E-state index < -0.39 is 21.9 Å². The van der Waals surface area contributed by atoms with Crippen LogP contribution in [-0.2, 0) is 4.79 Å². The van der Waals surface area contributed by atoms with Crippen molar-refractivity contribution in [3.8, 4) is 11.3 Å². The quantitative estimate of drug-likeness (QED) is 0.240. The molecular weight excluding hydrogens is 470 g/mol. The van der Waals surface area contributed by atoms with Crippen LogP contribution in [0.2, 0.25) is 10.0 Å². The molecule has 1 fully saturated rings. The maximum absolute atomic E-state index is 13.4. The van der Waals surface area contributed by atoms with Gasteiger partial charge in [-0.2, -0.15) is 0 Å². The van der Waals surface area contributed by atoms with Crippen LogP contribution in [0.1, 0.15) is 5.76 Å². The summed E-state index contributed by atoms with van der Waals surface area (Å²) in [6.07, 6.45) is 1.39. The third-order valence-electron chi connectivity index (χ3n) is 4.28. The van der Waals surface area contributed by atoms with Crippen molar-refractivity contribution < 1.29 is 23.3 Å². The van der Waals surface area contributed by atoms with Gasteiger partial charge in [0.2, 0.25) is 0 Å². The lowest BCUT2D eigenvalue weighted by Gasteiger charge is -2.12. The maximum atomic E-state index is 13.4. The van der Waals surface area contributed by atoms with Crippen molar-refractivity contribution in [3.05, 3.63) is 85.2 Å². The van der Waals surface area contributed by atoms with Crippen LogP contribution >= 0.6 is 35.0 Å². The van der Waals surface area contributed by atoms with Crippen molar-refractivity contribution in [2.45, 2.75) is 0 Å². The summed E-state index contributed by atoms with van der Waals surface area (Å²) in [5, 5.41) is 10.2. The van der Waals surface area contributed by atoms with Crippen LogP contribution in [0.4, 0.5) is 20.6 Å². The molecule has 0 spiro atoms. The van der Waals surface area contributed by atoms with Gasteiger partial charge < -0.3 is 4.42 Å². The number of imide groups is 1. The first-order valence-electron chi connectivity index (χ1n) is 8.52. The second-order valence-corrected chi connectivity index (χ2v) is 8.05. The predicted octanol–water partition coefficient (Wildman–Crippen LogP) is 6.54. The van der Waals surface area contributed by atoms with Crippen LogP contribution in [0.15, 0.2) is 57.9 Å². The molecule has 2 aromatic carbocycles. The summed E-state index contributed by atoms with van der Waals surface area (Å²) >= 11 is 12.6. The molecule has 31 heavy (non-hydrogen) atoms. The summed E-state index contributed by atoms with van der Waals surface area (Å²) in [6, 6.07) is 10.6. The second-order valence-electron chi connectivity index (χ2n) is 6.24. The number of carbonyl (C=O) groups is 2. The molecule has 2 heterocycles. The van der Waals surface area contributed by atoms with Crippen LogP contribution in [0.5, 0.6) is 0 Å². The van der Waals surface area contributed by atoms with Gasteiger partial charge in [0.05, 0.1) is 25.6 Å². The molecule has 7 nitrogen and oxygen atoms in total. The van der Waals surface area contributed by atoms with Gasteiger partial charge in [0, 0.05) is 23.8 Å². The number of rotatable bonds is 4. The summed E-state index contributed by atoms with van der Waals surface area (Å²) < 4.78 is 19.1. The van der Waals surface area contributed by atoms with E-state index in [1.807, 2.05) is 0 Å². The number of amides is 2. The van der Waals surface area contributed by atoms with Crippen molar-refractivity contribution in [2.75, 3.05) is 4.90 Å². The number of nitro benzene ring substituents is 1. The zero-order valence-electron chi connectivity index (χ0n) is 15.2. The number of anilines is 1. The summed E-state index contributed by atoms with van der Waals surface area (Å²) in [7, 11) is 0. The molecule has 0 saturated carbocycles. The first-order valence-corrected chi connectivity index (χ1v) is 10.1. The fourth-order valence-corrected chi connectivity index (χ4v) is 4.10. The number of hydrogen-bond acceptors (Lipinski definition) is 6. The average Bonchev–Trinajstić information content (AvgIpc) is 3.28. The molecule has 1 aliphatic heterocycles. The molecule has 0 radical (unpaired) electrons. The summed E-state index contributed by atoms with van der Waals surface area (Å²) in [5.41, 5.74) is 0.422. The van der Waals surface area contributed by atoms with Crippen molar-refractivity contribution >= 4 is 63.6 Å². The van der Waals surface area contributed by atoms with E-state index in [9.17, 15) is 24.1 Å². The Kier molecular flexibility index (Phi) is 5.57. The Bertz CT molecular complexity index is 1290. The Hall–Kier alpha value is -3.14. The Morgan fingerprint density at radius 3 is 2.52 bits per heavy atom. The number of thioether (sulfide) groups is 1. The second kappa shape index (κ2) is 8.18. The topological polar surface area (TPSA) is 93.7 Å². The molecule has 1 saturated heterocycles. The lowest BCUT2D eigenvalue weighted by atomic mass is 10.1. The van der Waals surface area contributed by atoms with Crippen molar-refractivity contribution in [1.29, 1.82) is 0 Å². The molecule has 0 bridgehead atoms. The first-order chi connectivity index (χ1) is 14.7. The zero-order chi connectivity index (χ0) is 22.3. The Labute approximate surface area is 188 Å². The van der Waals surface area contributed by atoms with Crippen molar-refractivity contribution in [2.24, 2.45) is 0 Å². The molecule has 0 N–H and O–H groups in total. The van der Waals surface area contributed by atoms with E-state index in [0.29, 0.717) is 23.1 Å². The molecule has 0 aliphatic carbocycles. The molecule has 0 unspecified atom stereocenters. The number of carbonyl (C=O) groups excluding carboxylic acids is 2. The van der Waals surface area contributed by atoms with E-state index in [1.54, 1.807) is 12.1 Å². The number of furan rings is 1. The van der Waals surface area contributed by atoms with Crippen LogP contribution in [0, 0.1) is 15.9 Å². The minimum atomic E-state index is -0.666. The number of nitro groups is 1. The lowest BCUT2D eigenvalue weighted by molar-refractivity contribution is -0.384. The fraction of sp³-hybridized carbons (Fsp3) is 0. The van der Waals surface area contributed by atoms with Crippen LogP contribution < -0.4 is 4.90 Å². The fourth-order valence-electron chi connectivity index (χ4n) is 2.84. The van der Waals surface area contributed by atoms with Gasteiger partial charge in [0.1, 0.15) is 17.3 Å². The van der Waals surface area contributed by atoms with Crippen LogP contribution in [0.25, 0.3) is 17.4 Å². The van der Waals surface area contributed by atoms with E-state index in [0.717, 1.165) is 11.0 Å². The number of non-ortho nitro benzene ring substituents is 1. The van der Waals surface area contributed by atoms with E-state index in [2.05, 4.69) is 0 Å². The Balaban J connectivity index is 1.61. The highest BCUT2D eigenvalue weighted by molar-refractivity contribution is 8.19. The third-order valence-corrected chi connectivity index (χ3v) is 5.76. The van der Waals surface area contributed by atoms with Gasteiger partial charge >= 0.3 is 0 Å². The number of halogens is 3. The highest BCUT2D eigenvalue weighted by atomic mass is 35.5. The zero-order valence-corrected chi connectivity index (χ0v) is 17.5.